The molecule has 3 rings (SSSR count). The second kappa shape index (κ2) is 5.81. The van der Waals surface area contributed by atoms with Crippen LogP contribution in [-0.4, -0.2) is 27.6 Å². The van der Waals surface area contributed by atoms with Crippen LogP contribution >= 0.6 is 11.3 Å². The quantitative estimate of drug-likeness (QED) is 0.920. The monoisotopic (exact) mass is 303 g/mol. The first kappa shape index (κ1) is 14.0. The molecule has 0 saturated heterocycles. The zero-order valence-electron chi connectivity index (χ0n) is 11.8. The lowest BCUT2D eigenvalue weighted by atomic mass is 10.1. The number of thiazole rings is 1. The first-order valence-corrected chi connectivity index (χ1v) is 7.87. The molecule has 2 heterocycles. The van der Waals surface area contributed by atoms with E-state index in [0.717, 1.165) is 35.2 Å². The average molecular weight is 303 g/mol. The topological polar surface area (TPSA) is 66.3 Å². The van der Waals surface area contributed by atoms with Crippen LogP contribution in [0.3, 0.4) is 0 Å². The molecule has 0 radical (unpaired) electrons. The number of carbonyl (C=O) groups is 1. The van der Waals surface area contributed by atoms with Crippen LogP contribution in [0.25, 0.3) is 0 Å². The van der Waals surface area contributed by atoms with E-state index in [1.165, 1.54) is 5.56 Å². The minimum atomic E-state index is -0.761. The minimum absolute atomic E-state index is 0.426. The number of aliphatic carboxylic acids is 1. The summed E-state index contributed by atoms with van der Waals surface area (Å²) in [7, 11) is 0. The Morgan fingerprint density at radius 2 is 2.24 bits per heavy atom. The number of rotatable bonds is 5. The summed E-state index contributed by atoms with van der Waals surface area (Å²) in [5.74, 6) is -1.19. The van der Waals surface area contributed by atoms with Gasteiger partial charge in [0.05, 0.1) is 5.69 Å². The van der Waals surface area contributed by atoms with E-state index in [2.05, 4.69) is 21.8 Å². The third-order valence-electron chi connectivity index (χ3n) is 3.78. The second-order valence-electron chi connectivity index (χ2n) is 5.10. The van der Waals surface area contributed by atoms with Crippen LogP contribution < -0.4 is 4.90 Å². The predicted octanol–water partition coefficient (Wildman–Crippen LogP) is 2.68. The van der Waals surface area contributed by atoms with Crippen LogP contribution in [0.4, 0.5) is 5.13 Å². The van der Waals surface area contributed by atoms with Crippen LogP contribution in [0.15, 0.2) is 24.5 Å². The fraction of sp³-hybridized carbons (Fsp3) is 0.400. The molecular weight excluding hydrogens is 286 g/mol. The van der Waals surface area contributed by atoms with E-state index >= 15 is 0 Å². The molecule has 0 spiro atoms. The highest BCUT2D eigenvalue weighted by atomic mass is 32.1. The van der Waals surface area contributed by atoms with Gasteiger partial charge in [0.2, 0.25) is 0 Å². The summed E-state index contributed by atoms with van der Waals surface area (Å²) in [5.41, 5.74) is 1.95. The first-order chi connectivity index (χ1) is 10.2. The molecule has 1 aliphatic rings. The van der Waals surface area contributed by atoms with Crippen LogP contribution in [0, 0.1) is 0 Å². The van der Waals surface area contributed by atoms with Crippen molar-refractivity contribution in [2.24, 2.45) is 0 Å². The van der Waals surface area contributed by atoms with Crippen LogP contribution in [0.5, 0.6) is 0 Å². The van der Waals surface area contributed by atoms with Gasteiger partial charge in [-0.05, 0) is 37.5 Å². The Kier molecular flexibility index (Phi) is 3.88. The van der Waals surface area contributed by atoms with Gasteiger partial charge in [0, 0.05) is 30.4 Å². The molecule has 0 amide bonds. The fourth-order valence-corrected chi connectivity index (χ4v) is 3.81. The van der Waals surface area contributed by atoms with Crippen molar-refractivity contribution >= 4 is 22.4 Å². The molecule has 1 atom stereocenters. The zero-order chi connectivity index (χ0) is 14.8. The van der Waals surface area contributed by atoms with Gasteiger partial charge < -0.3 is 10.0 Å². The van der Waals surface area contributed by atoms with Crippen molar-refractivity contribution in [3.8, 4) is 0 Å². The summed E-state index contributed by atoms with van der Waals surface area (Å²) in [5, 5.41) is 10.2. The van der Waals surface area contributed by atoms with E-state index in [9.17, 15) is 9.90 Å². The number of carboxylic acids is 1. The van der Waals surface area contributed by atoms with Crippen LogP contribution in [-0.2, 0) is 17.8 Å². The van der Waals surface area contributed by atoms with Gasteiger partial charge >= 0.3 is 5.97 Å². The van der Waals surface area contributed by atoms with Gasteiger partial charge in [-0.25, -0.2) is 4.98 Å². The molecule has 1 unspecified atom stereocenters. The molecule has 1 N–H and O–H groups in total. The van der Waals surface area contributed by atoms with E-state index in [0.29, 0.717) is 6.42 Å². The fourth-order valence-electron chi connectivity index (χ4n) is 2.61. The Morgan fingerprint density at radius 1 is 1.48 bits per heavy atom. The van der Waals surface area contributed by atoms with Gasteiger partial charge in [0.25, 0.3) is 0 Å². The molecule has 2 aromatic rings. The highest BCUT2D eigenvalue weighted by Crippen LogP contribution is 2.39. The molecule has 21 heavy (non-hydrogen) atoms. The molecular formula is C15H17N3O2S. The van der Waals surface area contributed by atoms with Gasteiger partial charge in [-0.15, -0.1) is 11.3 Å². The van der Waals surface area contributed by atoms with Crippen molar-refractivity contribution in [2.45, 2.75) is 32.2 Å². The Bertz CT molecular complexity index is 642. The Hall–Kier alpha value is -1.95. The summed E-state index contributed by atoms with van der Waals surface area (Å²) in [6, 6.07) is 3.98. The molecule has 0 aromatic carbocycles. The van der Waals surface area contributed by atoms with Crippen LogP contribution in [0.1, 0.15) is 35.4 Å². The molecule has 0 aliphatic heterocycles. The van der Waals surface area contributed by atoms with Crippen molar-refractivity contribution in [1.29, 1.82) is 0 Å². The Morgan fingerprint density at radius 3 is 2.90 bits per heavy atom. The second-order valence-corrected chi connectivity index (χ2v) is 6.17. The van der Waals surface area contributed by atoms with Gasteiger partial charge in [-0.2, -0.15) is 0 Å². The molecule has 0 saturated carbocycles. The van der Waals surface area contributed by atoms with Crippen molar-refractivity contribution in [1.82, 2.24) is 9.97 Å². The Balaban J connectivity index is 1.83. The smallest absolute Gasteiger partial charge is 0.312 e. The Labute approximate surface area is 127 Å². The van der Waals surface area contributed by atoms with Gasteiger partial charge in [0.15, 0.2) is 5.13 Å². The highest BCUT2D eigenvalue weighted by molar-refractivity contribution is 7.15. The van der Waals surface area contributed by atoms with Crippen molar-refractivity contribution in [3.63, 3.8) is 0 Å². The van der Waals surface area contributed by atoms with Gasteiger partial charge in [-0.1, -0.05) is 0 Å². The number of pyridine rings is 1. The highest BCUT2D eigenvalue weighted by Gasteiger charge is 2.33. The first-order valence-electron chi connectivity index (χ1n) is 7.05. The summed E-state index contributed by atoms with van der Waals surface area (Å²) < 4.78 is 0. The lowest BCUT2D eigenvalue weighted by Gasteiger charge is -2.20. The predicted molar refractivity (Wildman–Crippen MR) is 81.8 cm³/mol. The molecule has 1 aliphatic carbocycles. The largest absolute Gasteiger partial charge is 0.481 e. The summed E-state index contributed by atoms with van der Waals surface area (Å²) in [6.07, 6.45) is 5.08. The SMILES string of the molecule is CCN(Cc1ccncc1)c1nc2c(s1)CCC2C(=O)O. The van der Waals surface area contributed by atoms with Crippen molar-refractivity contribution in [2.75, 3.05) is 11.4 Å². The maximum atomic E-state index is 11.2. The summed E-state index contributed by atoms with van der Waals surface area (Å²) >= 11 is 1.63. The summed E-state index contributed by atoms with van der Waals surface area (Å²) in [4.78, 5) is 23.2. The van der Waals surface area contributed by atoms with Crippen molar-refractivity contribution < 1.29 is 9.90 Å². The lowest BCUT2D eigenvalue weighted by Crippen LogP contribution is -2.22. The zero-order valence-corrected chi connectivity index (χ0v) is 12.6. The van der Waals surface area contributed by atoms with E-state index in [1.807, 2.05) is 12.1 Å². The number of aryl methyl sites for hydroxylation is 1. The number of hydrogen-bond acceptors (Lipinski definition) is 5. The third-order valence-corrected chi connectivity index (χ3v) is 4.97. The van der Waals surface area contributed by atoms with Gasteiger partial charge in [-0.3, -0.25) is 9.78 Å². The standard InChI is InChI=1S/C15H17N3O2S/c1-2-18(9-10-5-7-16-8-6-10)15-17-13-11(14(19)20)3-4-12(13)21-15/h5-8,11H,2-4,9H2,1H3,(H,19,20). The van der Waals surface area contributed by atoms with E-state index in [1.54, 1.807) is 23.7 Å². The van der Waals surface area contributed by atoms with Crippen LogP contribution in [0.2, 0.25) is 0 Å². The molecule has 2 aromatic heterocycles. The molecule has 0 bridgehead atoms. The number of hydrogen-bond donors (Lipinski definition) is 1. The molecule has 110 valence electrons. The van der Waals surface area contributed by atoms with E-state index in [4.69, 9.17) is 0 Å². The molecule has 0 fully saturated rings. The maximum absolute atomic E-state index is 11.2. The number of anilines is 1. The minimum Gasteiger partial charge on any atom is -0.481 e. The number of carboxylic acid groups (broad SMARTS) is 1. The van der Waals surface area contributed by atoms with Crippen molar-refractivity contribution in [3.05, 3.63) is 40.7 Å². The van der Waals surface area contributed by atoms with Gasteiger partial charge in [0.1, 0.15) is 5.92 Å². The molecule has 6 heteroatoms. The molecule has 5 nitrogen and oxygen atoms in total. The normalized spacial score (nSPS) is 16.7. The maximum Gasteiger partial charge on any atom is 0.312 e. The number of fused-ring (bicyclic) bond motifs is 1. The van der Waals surface area contributed by atoms with E-state index < -0.39 is 11.9 Å². The summed E-state index contributed by atoms with van der Waals surface area (Å²) in [6.45, 7) is 3.69. The average Bonchev–Trinajstić information content (AvgIpc) is 3.05. The van der Waals surface area contributed by atoms with E-state index in [-0.39, 0.29) is 0 Å². The number of aromatic nitrogens is 2. The third kappa shape index (κ3) is 2.76. The number of nitrogens with zero attached hydrogens (tertiary/aromatic N) is 3. The lowest BCUT2D eigenvalue weighted by molar-refractivity contribution is -0.138.